The summed E-state index contributed by atoms with van der Waals surface area (Å²) in [5.41, 5.74) is 13.2. The highest BCUT2D eigenvalue weighted by molar-refractivity contribution is 6.13. The fourth-order valence-corrected chi connectivity index (χ4v) is 1.69. The van der Waals surface area contributed by atoms with Gasteiger partial charge in [-0.1, -0.05) is 0 Å². The number of nitrogen functional groups attached to an aromatic ring is 2. The molecule has 0 unspecified atom stereocenters. The van der Waals surface area contributed by atoms with Crippen LogP contribution in [0.2, 0.25) is 0 Å². The molecule has 96 valence electrons. The summed E-state index contributed by atoms with van der Waals surface area (Å²) in [6.07, 6.45) is -0.159. The number of carbonyl (C=O) groups excluding carboxylic acids is 2. The molecule has 0 aromatic heterocycles. The number of nitrogens with two attached hydrogens (primary N) is 2. The van der Waals surface area contributed by atoms with Crippen LogP contribution < -0.4 is 11.5 Å². The molecule has 0 spiro atoms. The Hall–Kier alpha value is -2.62. The van der Waals surface area contributed by atoms with E-state index in [0.29, 0.717) is 22.5 Å². The summed E-state index contributed by atoms with van der Waals surface area (Å²) in [6.45, 7) is 0. The second kappa shape index (κ2) is 5.35. The third-order valence-electron chi connectivity index (χ3n) is 2.79. The number of rotatable bonds is 4. The standard InChI is InChI=1S/C15H14N2O2/c16-12-5-1-10(2-6-12)14(18)9-15(19)11-3-7-13(17)8-4-11/h1-8H,9,16-17H2. The first kappa shape index (κ1) is 12.8. The van der Waals surface area contributed by atoms with Gasteiger partial charge in [-0.3, -0.25) is 9.59 Å². The van der Waals surface area contributed by atoms with Gasteiger partial charge in [0.25, 0.3) is 0 Å². The van der Waals surface area contributed by atoms with Crippen molar-refractivity contribution in [3.05, 3.63) is 59.7 Å². The van der Waals surface area contributed by atoms with Crippen LogP contribution in [0.4, 0.5) is 11.4 Å². The predicted octanol–water partition coefficient (Wildman–Crippen LogP) is 2.31. The molecule has 0 fully saturated rings. The number of hydrogen-bond donors (Lipinski definition) is 2. The lowest BCUT2D eigenvalue weighted by Gasteiger charge is -2.02. The van der Waals surface area contributed by atoms with Crippen molar-refractivity contribution >= 4 is 22.9 Å². The summed E-state index contributed by atoms with van der Waals surface area (Å²) >= 11 is 0. The van der Waals surface area contributed by atoms with Crippen LogP contribution in [-0.4, -0.2) is 11.6 Å². The Kier molecular flexibility index (Phi) is 3.61. The van der Waals surface area contributed by atoms with Crippen LogP contribution in [-0.2, 0) is 0 Å². The lowest BCUT2D eigenvalue weighted by molar-refractivity contribution is 0.0894. The molecule has 0 aliphatic rings. The summed E-state index contributed by atoms with van der Waals surface area (Å²) in [6, 6.07) is 13.0. The second-order valence-electron chi connectivity index (χ2n) is 4.27. The average Bonchev–Trinajstić information content (AvgIpc) is 2.40. The third kappa shape index (κ3) is 3.19. The molecule has 2 aromatic rings. The highest BCUT2D eigenvalue weighted by atomic mass is 16.1. The van der Waals surface area contributed by atoms with E-state index in [9.17, 15) is 9.59 Å². The number of hydrogen-bond acceptors (Lipinski definition) is 4. The number of Topliss-reactive ketones (excluding diaryl/α,β-unsaturated/α-hetero) is 2. The number of benzene rings is 2. The van der Waals surface area contributed by atoms with Gasteiger partial charge < -0.3 is 11.5 Å². The Morgan fingerprint density at radius 3 is 1.32 bits per heavy atom. The van der Waals surface area contributed by atoms with Crippen molar-refractivity contribution in [3.63, 3.8) is 0 Å². The van der Waals surface area contributed by atoms with E-state index in [-0.39, 0.29) is 18.0 Å². The Morgan fingerprint density at radius 2 is 1.00 bits per heavy atom. The van der Waals surface area contributed by atoms with Crippen LogP contribution in [0.1, 0.15) is 27.1 Å². The van der Waals surface area contributed by atoms with Gasteiger partial charge in [-0.05, 0) is 48.5 Å². The second-order valence-corrected chi connectivity index (χ2v) is 4.27. The van der Waals surface area contributed by atoms with Gasteiger partial charge in [0.2, 0.25) is 0 Å². The lowest BCUT2D eigenvalue weighted by Crippen LogP contribution is -2.08. The molecule has 0 saturated heterocycles. The first-order valence-electron chi connectivity index (χ1n) is 5.84. The van der Waals surface area contributed by atoms with Crippen molar-refractivity contribution in [2.45, 2.75) is 6.42 Å². The lowest BCUT2D eigenvalue weighted by atomic mass is 10.0. The maximum atomic E-state index is 11.9. The molecular formula is C15H14N2O2. The normalized spacial score (nSPS) is 10.1. The molecule has 4 N–H and O–H groups in total. The molecule has 0 atom stereocenters. The largest absolute Gasteiger partial charge is 0.399 e. The molecule has 0 aliphatic heterocycles. The zero-order chi connectivity index (χ0) is 13.8. The zero-order valence-corrected chi connectivity index (χ0v) is 10.3. The van der Waals surface area contributed by atoms with E-state index in [1.807, 2.05) is 0 Å². The predicted molar refractivity (Wildman–Crippen MR) is 75.0 cm³/mol. The summed E-state index contributed by atoms with van der Waals surface area (Å²) in [5, 5.41) is 0. The molecule has 0 heterocycles. The molecule has 0 aliphatic carbocycles. The first-order chi connectivity index (χ1) is 9.06. The molecule has 19 heavy (non-hydrogen) atoms. The van der Waals surface area contributed by atoms with Crippen molar-refractivity contribution in [1.82, 2.24) is 0 Å². The molecule has 0 bridgehead atoms. The SMILES string of the molecule is Nc1ccc(C(=O)CC(=O)c2ccc(N)cc2)cc1. The van der Waals surface area contributed by atoms with Gasteiger partial charge in [-0.25, -0.2) is 0 Å². The van der Waals surface area contributed by atoms with E-state index in [1.54, 1.807) is 48.5 Å². The van der Waals surface area contributed by atoms with Crippen molar-refractivity contribution in [2.75, 3.05) is 11.5 Å². The summed E-state index contributed by atoms with van der Waals surface area (Å²) in [4.78, 5) is 23.8. The molecule has 0 saturated carbocycles. The Morgan fingerprint density at radius 1 is 0.684 bits per heavy atom. The monoisotopic (exact) mass is 254 g/mol. The van der Waals surface area contributed by atoms with Crippen molar-refractivity contribution in [1.29, 1.82) is 0 Å². The van der Waals surface area contributed by atoms with Gasteiger partial charge in [0.15, 0.2) is 11.6 Å². The molecular weight excluding hydrogens is 240 g/mol. The number of ketones is 2. The van der Waals surface area contributed by atoms with Gasteiger partial charge >= 0.3 is 0 Å². The molecule has 4 heteroatoms. The van der Waals surface area contributed by atoms with E-state index in [0.717, 1.165) is 0 Å². The van der Waals surface area contributed by atoms with E-state index in [2.05, 4.69) is 0 Å². The zero-order valence-electron chi connectivity index (χ0n) is 10.3. The van der Waals surface area contributed by atoms with E-state index < -0.39 is 0 Å². The number of carbonyl (C=O) groups is 2. The van der Waals surface area contributed by atoms with Gasteiger partial charge in [0.05, 0.1) is 6.42 Å². The van der Waals surface area contributed by atoms with E-state index in [4.69, 9.17) is 11.5 Å². The minimum absolute atomic E-state index is 0.159. The molecule has 2 aromatic carbocycles. The van der Waals surface area contributed by atoms with Crippen LogP contribution in [0.25, 0.3) is 0 Å². The van der Waals surface area contributed by atoms with Crippen LogP contribution >= 0.6 is 0 Å². The van der Waals surface area contributed by atoms with Gasteiger partial charge in [-0.15, -0.1) is 0 Å². The smallest absolute Gasteiger partial charge is 0.170 e. The van der Waals surface area contributed by atoms with Crippen molar-refractivity contribution in [2.24, 2.45) is 0 Å². The quantitative estimate of drug-likeness (QED) is 0.498. The van der Waals surface area contributed by atoms with Crippen LogP contribution in [0, 0.1) is 0 Å². The Balaban J connectivity index is 2.08. The summed E-state index contributed by atoms with van der Waals surface area (Å²) < 4.78 is 0. The van der Waals surface area contributed by atoms with Crippen molar-refractivity contribution < 1.29 is 9.59 Å². The van der Waals surface area contributed by atoms with Gasteiger partial charge in [0, 0.05) is 22.5 Å². The van der Waals surface area contributed by atoms with Gasteiger partial charge in [0.1, 0.15) is 0 Å². The molecule has 0 radical (unpaired) electrons. The van der Waals surface area contributed by atoms with Gasteiger partial charge in [-0.2, -0.15) is 0 Å². The maximum Gasteiger partial charge on any atom is 0.170 e. The Bertz CT molecular complexity index is 546. The van der Waals surface area contributed by atoms with E-state index in [1.165, 1.54) is 0 Å². The molecule has 4 nitrogen and oxygen atoms in total. The highest BCUT2D eigenvalue weighted by Gasteiger charge is 2.13. The molecule has 2 rings (SSSR count). The fourth-order valence-electron chi connectivity index (χ4n) is 1.69. The Labute approximate surface area is 111 Å². The fraction of sp³-hybridized carbons (Fsp3) is 0.0667. The van der Waals surface area contributed by atoms with Crippen molar-refractivity contribution in [3.8, 4) is 0 Å². The van der Waals surface area contributed by atoms with E-state index >= 15 is 0 Å². The van der Waals surface area contributed by atoms with Crippen LogP contribution in [0.5, 0.6) is 0 Å². The number of anilines is 2. The minimum atomic E-state index is -0.221. The molecule has 0 amide bonds. The highest BCUT2D eigenvalue weighted by Crippen LogP contribution is 2.12. The minimum Gasteiger partial charge on any atom is -0.399 e. The third-order valence-corrected chi connectivity index (χ3v) is 2.79. The maximum absolute atomic E-state index is 11.9. The summed E-state index contributed by atoms with van der Waals surface area (Å²) in [5.74, 6) is -0.441. The van der Waals surface area contributed by atoms with Crippen LogP contribution in [0.15, 0.2) is 48.5 Å². The van der Waals surface area contributed by atoms with Crippen LogP contribution in [0.3, 0.4) is 0 Å². The summed E-state index contributed by atoms with van der Waals surface area (Å²) in [7, 11) is 0. The topological polar surface area (TPSA) is 86.2 Å². The average molecular weight is 254 g/mol. The first-order valence-corrected chi connectivity index (χ1v) is 5.84.